The van der Waals surface area contributed by atoms with Crippen molar-refractivity contribution in [2.45, 2.75) is 51.0 Å². The molecule has 0 aliphatic rings. The molecule has 0 atom stereocenters. The highest BCUT2D eigenvalue weighted by Gasteiger charge is 2.29. The number of ether oxygens (including phenoxy) is 7. The van der Waals surface area contributed by atoms with Crippen LogP contribution < -0.4 is 0 Å². The lowest BCUT2D eigenvalue weighted by molar-refractivity contribution is -0.0585. The highest BCUT2D eigenvalue weighted by Crippen LogP contribution is 2.32. The van der Waals surface area contributed by atoms with Gasteiger partial charge in [0, 0.05) is 41.1 Å². The molecule has 0 amide bonds. The maximum Gasteiger partial charge on any atom is 0.0700 e. The summed E-state index contributed by atoms with van der Waals surface area (Å²) in [6.07, 6.45) is 6.86. The van der Waals surface area contributed by atoms with Crippen LogP contribution in [0.4, 0.5) is 0 Å². The Labute approximate surface area is 293 Å². The van der Waals surface area contributed by atoms with Gasteiger partial charge in [0.25, 0.3) is 0 Å². The predicted octanol–water partition coefficient (Wildman–Crippen LogP) is 6.19. The molecule has 0 spiro atoms. The summed E-state index contributed by atoms with van der Waals surface area (Å²) in [6, 6.07) is 0. The molecule has 0 unspecified atom stereocenters. The molecule has 0 rings (SSSR count). The fourth-order valence-corrected chi connectivity index (χ4v) is 6.96. The summed E-state index contributed by atoms with van der Waals surface area (Å²) in [6.45, 7) is 11.2. The van der Waals surface area contributed by atoms with Gasteiger partial charge in [-0.15, -0.1) is 0 Å². The Bertz CT molecular complexity index is 465. The van der Waals surface area contributed by atoms with Gasteiger partial charge in [0.2, 0.25) is 0 Å². The molecule has 0 aromatic rings. The molecule has 0 saturated heterocycles. The smallest absolute Gasteiger partial charge is 0.0700 e. The van der Waals surface area contributed by atoms with Crippen molar-refractivity contribution in [1.82, 2.24) is 0 Å². The van der Waals surface area contributed by atoms with Gasteiger partial charge in [0.1, 0.15) is 0 Å². The van der Waals surface area contributed by atoms with Crippen molar-refractivity contribution in [3.05, 3.63) is 0 Å². The molecule has 0 heterocycles. The Balaban J connectivity index is 4.35. The van der Waals surface area contributed by atoms with Crippen LogP contribution in [0.3, 0.4) is 0 Å². The van der Waals surface area contributed by atoms with E-state index in [1.165, 1.54) is 19.3 Å². The van der Waals surface area contributed by atoms with Crippen LogP contribution in [0.25, 0.3) is 0 Å². The quantitative estimate of drug-likeness (QED) is 0.0508. The van der Waals surface area contributed by atoms with E-state index in [1.807, 2.05) is 35.3 Å². The van der Waals surface area contributed by atoms with Gasteiger partial charge in [-0.2, -0.15) is 73.2 Å². The second kappa shape index (κ2) is 38.3. The summed E-state index contributed by atoms with van der Waals surface area (Å²) in [5.41, 5.74) is -0.0288. The first kappa shape index (κ1) is 44.8. The summed E-state index contributed by atoms with van der Waals surface area (Å²) in [4.78, 5) is 0. The minimum Gasteiger partial charge on any atom is -0.378 e. The molecule has 7 nitrogen and oxygen atoms in total. The molecule has 0 radical (unpaired) electrons. The first-order valence-electron chi connectivity index (χ1n) is 15.9. The Kier molecular flexibility index (Phi) is 39.9. The molecule has 0 N–H and O–H groups in total. The van der Waals surface area contributed by atoms with Crippen LogP contribution in [0.2, 0.25) is 0 Å². The second-order valence-electron chi connectivity index (χ2n) is 9.61. The summed E-state index contributed by atoms with van der Waals surface area (Å²) in [5.74, 6) is 8.74. The minimum atomic E-state index is -0.0288. The molecule has 0 fully saturated rings. The Morgan fingerprint density at radius 1 is 0.419 bits per heavy atom. The SMILES string of the molecule is CCOC(CCCSCCOCCOCCS)(CCCSCCOCCOCCS)CCCSCCOCCOCCS. The lowest BCUT2D eigenvalue weighted by atomic mass is 9.88. The van der Waals surface area contributed by atoms with Crippen molar-refractivity contribution in [2.75, 3.05) is 138 Å². The molecule has 260 valence electrons. The highest BCUT2D eigenvalue weighted by molar-refractivity contribution is 7.99. The summed E-state index contributed by atoms with van der Waals surface area (Å²) >= 11 is 18.4. The average molecular weight is 727 g/mol. The molecule has 0 aromatic heterocycles. The standard InChI is InChI=1S/C30H62O7S6/c1-2-37-30(6-3-24-41-27-18-34-12-9-31-15-21-38,7-4-25-42-28-19-35-13-10-32-16-22-39)8-5-26-43-29-20-36-14-11-33-17-23-40/h38-40H,2-29H2,1H3. The average Bonchev–Trinajstić information content (AvgIpc) is 3.01. The van der Waals surface area contributed by atoms with Crippen LogP contribution in [0.5, 0.6) is 0 Å². The van der Waals surface area contributed by atoms with Crippen LogP contribution in [0.15, 0.2) is 0 Å². The van der Waals surface area contributed by atoms with Crippen LogP contribution in [-0.2, 0) is 33.2 Å². The second-order valence-corrected chi connectivity index (χ2v) is 14.6. The molecule has 0 aliphatic carbocycles. The molecule has 0 bridgehead atoms. The number of thioether (sulfide) groups is 3. The van der Waals surface area contributed by atoms with Gasteiger partial charge in [-0.3, -0.25) is 0 Å². The Morgan fingerprint density at radius 2 is 0.721 bits per heavy atom. The van der Waals surface area contributed by atoms with Gasteiger partial charge >= 0.3 is 0 Å². The summed E-state index contributed by atoms with van der Waals surface area (Å²) in [7, 11) is 0. The number of hydrogen-bond acceptors (Lipinski definition) is 13. The maximum absolute atomic E-state index is 6.55. The number of rotatable bonds is 38. The van der Waals surface area contributed by atoms with Crippen molar-refractivity contribution in [2.24, 2.45) is 0 Å². The van der Waals surface area contributed by atoms with E-state index in [1.54, 1.807) is 0 Å². The van der Waals surface area contributed by atoms with Crippen molar-refractivity contribution < 1.29 is 33.2 Å². The van der Waals surface area contributed by atoms with Crippen molar-refractivity contribution in [3.8, 4) is 0 Å². The van der Waals surface area contributed by atoms with E-state index in [9.17, 15) is 0 Å². The zero-order valence-electron chi connectivity index (χ0n) is 26.7. The predicted molar refractivity (Wildman–Crippen MR) is 201 cm³/mol. The normalized spacial score (nSPS) is 12.0. The molecule has 13 heteroatoms. The molecule has 0 aliphatic heterocycles. The third kappa shape index (κ3) is 33.5. The van der Waals surface area contributed by atoms with E-state index in [0.29, 0.717) is 59.5 Å². The highest BCUT2D eigenvalue weighted by atomic mass is 32.2. The third-order valence-corrected chi connectivity index (χ3v) is 9.80. The molecular weight excluding hydrogens is 665 g/mol. The van der Waals surface area contributed by atoms with E-state index in [2.05, 4.69) is 44.8 Å². The van der Waals surface area contributed by atoms with Crippen molar-refractivity contribution >= 4 is 73.2 Å². The van der Waals surface area contributed by atoms with Crippen LogP contribution >= 0.6 is 73.2 Å². The van der Waals surface area contributed by atoms with Crippen LogP contribution in [-0.4, -0.2) is 143 Å². The largest absolute Gasteiger partial charge is 0.378 e. The topological polar surface area (TPSA) is 64.6 Å². The van der Waals surface area contributed by atoms with E-state index in [-0.39, 0.29) is 5.60 Å². The Hall–Kier alpha value is 1.82. The van der Waals surface area contributed by atoms with Gasteiger partial charge in [0.15, 0.2) is 0 Å². The van der Waals surface area contributed by atoms with Crippen LogP contribution in [0.1, 0.15) is 45.4 Å². The van der Waals surface area contributed by atoms with Crippen molar-refractivity contribution in [3.63, 3.8) is 0 Å². The van der Waals surface area contributed by atoms with E-state index in [4.69, 9.17) is 33.2 Å². The van der Waals surface area contributed by atoms with Crippen molar-refractivity contribution in [1.29, 1.82) is 0 Å². The fourth-order valence-electron chi connectivity index (χ4n) is 4.21. The monoisotopic (exact) mass is 726 g/mol. The zero-order valence-corrected chi connectivity index (χ0v) is 31.9. The molecule has 0 aromatic carbocycles. The zero-order chi connectivity index (χ0) is 31.4. The lowest BCUT2D eigenvalue weighted by Crippen LogP contribution is -2.33. The number of thiol groups is 3. The number of hydrogen-bond donors (Lipinski definition) is 3. The molecule has 0 saturated carbocycles. The Morgan fingerprint density at radius 3 is 1.00 bits per heavy atom. The fraction of sp³-hybridized carbons (Fsp3) is 1.00. The van der Waals surface area contributed by atoms with Gasteiger partial charge in [-0.1, -0.05) is 0 Å². The maximum atomic E-state index is 6.55. The minimum absolute atomic E-state index is 0.0288. The van der Waals surface area contributed by atoms with Crippen LogP contribution in [0, 0.1) is 0 Å². The van der Waals surface area contributed by atoms with E-state index >= 15 is 0 Å². The molecular formula is C30H62O7S6. The van der Waals surface area contributed by atoms with Gasteiger partial charge in [0.05, 0.1) is 84.9 Å². The van der Waals surface area contributed by atoms with Gasteiger partial charge < -0.3 is 33.2 Å². The summed E-state index contributed by atoms with van der Waals surface area (Å²) in [5, 5.41) is 0. The van der Waals surface area contributed by atoms with E-state index < -0.39 is 0 Å². The van der Waals surface area contributed by atoms with E-state index in [0.717, 1.165) is 97.5 Å². The first-order chi connectivity index (χ1) is 21.2. The summed E-state index contributed by atoms with van der Waals surface area (Å²) < 4.78 is 39.8. The van der Waals surface area contributed by atoms with Gasteiger partial charge in [-0.25, -0.2) is 0 Å². The molecule has 43 heavy (non-hydrogen) atoms. The van der Waals surface area contributed by atoms with Gasteiger partial charge in [-0.05, 0) is 62.7 Å². The lowest BCUT2D eigenvalue weighted by Gasteiger charge is -2.34. The third-order valence-electron chi connectivity index (χ3n) is 6.15. The first-order valence-corrected chi connectivity index (χ1v) is 21.3.